The molecule has 1 N–H and O–H groups in total. The van der Waals surface area contributed by atoms with Crippen molar-refractivity contribution in [1.29, 1.82) is 0 Å². The molecule has 0 amide bonds. The van der Waals surface area contributed by atoms with Gasteiger partial charge in [0.05, 0.1) is 6.10 Å². The minimum absolute atomic E-state index is 0.586. The lowest BCUT2D eigenvalue weighted by Crippen LogP contribution is -2.44. The third-order valence-electron chi connectivity index (χ3n) is 3.41. The smallest absolute Gasteiger partial charge is 0.0640 e. The van der Waals surface area contributed by atoms with Crippen molar-refractivity contribution in [1.82, 2.24) is 5.32 Å². The van der Waals surface area contributed by atoms with Crippen LogP contribution in [0.1, 0.15) is 25.7 Å². The summed E-state index contributed by atoms with van der Waals surface area (Å²) < 4.78 is 5.56. The van der Waals surface area contributed by atoms with Gasteiger partial charge in [0.25, 0.3) is 0 Å². The second-order valence-electron chi connectivity index (χ2n) is 4.11. The van der Waals surface area contributed by atoms with Crippen LogP contribution in [-0.4, -0.2) is 26.3 Å². The molecule has 1 saturated carbocycles. The van der Waals surface area contributed by atoms with Gasteiger partial charge in [-0.2, -0.15) is 0 Å². The molecule has 2 unspecified atom stereocenters. The molecule has 0 spiro atoms. The van der Waals surface area contributed by atoms with E-state index >= 15 is 0 Å². The Hall–Kier alpha value is -0.0800. The molecule has 2 nitrogen and oxygen atoms in total. The quantitative estimate of drug-likeness (QED) is 0.687. The lowest BCUT2D eigenvalue weighted by molar-refractivity contribution is -0.105. The summed E-state index contributed by atoms with van der Waals surface area (Å²) in [5.74, 6) is 1.76. The molecule has 1 saturated heterocycles. The van der Waals surface area contributed by atoms with E-state index in [1.165, 1.54) is 25.7 Å². The number of ether oxygens (including phenoxy) is 1. The molecule has 70 valence electrons. The molecule has 1 aliphatic carbocycles. The number of hydrogen-bond acceptors (Lipinski definition) is 2. The van der Waals surface area contributed by atoms with Crippen LogP contribution in [0.15, 0.2) is 0 Å². The maximum Gasteiger partial charge on any atom is 0.0640 e. The van der Waals surface area contributed by atoms with E-state index in [0.29, 0.717) is 6.10 Å². The Bertz CT molecular complexity index is 127. The summed E-state index contributed by atoms with van der Waals surface area (Å²) in [6, 6.07) is 0. The Morgan fingerprint density at radius 3 is 2.50 bits per heavy atom. The van der Waals surface area contributed by atoms with Crippen molar-refractivity contribution in [3.8, 4) is 0 Å². The molecule has 2 atom stereocenters. The van der Waals surface area contributed by atoms with Gasteiger partial charge in [-0.25, -0.2) is 0 Å². The van der Waals surface area contributed by atoms with Crippen molar-refractivity contribution < 1.29 is 4.74 Å². The van der Waals surface area contributed by atoms with Crippen molar-refractivity contribution in [2.75, 3.05) is 20.2 Å². The number of rotatable bonds is 4. The zero-order valence-corrected chi connectivity index (χ0v) is 7.88. The van der Waals surface area contributed by atoms with E-state index in [-0.39, 0.29) is 0 Å². The van der Waals surface area contributed by atoms with Crippen LogP contribution in [0.4, 0.5) is 0 Å². The first-order valence-corrected chi connectivity index (χ1v) is 5.18. The Labute approximate surface area is 74.7 Å². The minimum Gasteiger partial charge on any atom is -0.378 e. The zero-order chi connectivity index (χ0) is 8.39. The number of hydrogen-bond donors (Lipinski definition) is 1. The van der Waals surface area contributed by atoms with Gasteiger partial charge in [0.2, 0.25) is 0 Å². The van der Waals surface area contributed by atoms with Crippen molar-refractivity contribution in [2.45, 2.75) is 31.8 Å². The topological polar surface area (TPSA) is 21.3 Å². The highest BCUT2D eigenvalue weighted by Crippen LogP contribution is 2.38. The van der Waals surface area contributed by atoms with Crippen LogP contribution in [0.25, 0.3) is 0 Å². The van der Waals surface area contributed by atoms with Gasteiger partial charge in [-0.15, -0.1) is 0 Å². The van der Waals surface area contributed by atoms with Gasteiger partial charge >= 0.3 is 0 Å². The molecule has 0 radical (unpaired) electrons. The van der Waals surface area contributed by atoms with Gasteiger partial charge in [-0.3, -0.25) is 0 Å². The van der Waals surface area contributed by atoms with Crippen molar-refractivity contribution in [3.05, 3.63) is 0 Å². The van der Waals surface area contributed by atoms with Crippen LogP contribution in [0.5, 0.6) is 0 Å². The van der Waals surface area contributed by atoms with Crippen LogP contribution < -0.4 is 5.32 Å². The average molecular weight is 169 g/mol. The molecule has 2 heteroatoms. The molecular weight excluding hydrogens is 150 g/mol. The van der Waals surface area contributed by atoms with Crippen LogP contribution in [0.2, 0.25) is 0 Å². The molecule has 12 heavy (non-hydrogen) atoms. The van der Waals surface area contributed by atoms with E-state index in [1.54, 1.807) is 0 Å². The summed E-state index contributed by atoms with van der Waals surface area (Å²) in [5.41, 5.74) is 0. The van der Waals surface area contributed by atoms with E-state index in [0.717, 1.165) is 25.0 Å². The van der Waals surface area contributed by atoms with Gasteiger partial charge in [0, 0.05) is 19.1 Å². The predicted octanol–water partition coefficient (Wildman–Crippen LogP) is 1.41. The maximum absolute atomic E-state index is 5.56. The summed E-state index contributed by atoms with van der Waals surface area (Å²) in [6.45, 7) is 2.15. The molecule has 2 aliphatic rings. The van der Waals surface area contributed by atoms with Crippen LogP contribution in [0, 0.1) is 11.8 Å². The standard InChI is InChI=1S/C10H19NO/c1-11-7-9(8-3-2-4-8)10-5-6-12-10/h8-11H,2-7H2,1H3. The van der Waals surface area contributed by atoms with Crippen molar-refractivity contribution in [2.24, 2.45) is 11.8 Å². The SMILES string of the molecule is CNCC(C1CCC1)C1CCO1. The van der Waals surface area contributed by atoms with E-state index < -0.39 is 0 Å². The molecule has 0 aromatic rings. The van der Waals surface area contributed by atoms with Crippen LogP contribution in [-0.2, 0) is 4.74 Å². The Morgan fingerprint density at radius 2 is 2.17 bits per heavy atom. The lowest BCUT2D eigenvalue weighted by Gasteiger charge is -2.42. The molecule has 2 fully saturated rings. The Balaban J connectivity index is 1.82. The highest BCUT2D eigenvalue weighted by molar-refractivity contribution is 4.86. The second-order valence-corrected chi connectivity index (χ2v) is 4.11. The third kappa shape index (κ3) is 1.50. The van der Waals surface area contributed by atoms with Crippen molar-refractivity contribution >= 4 is 0 Å². The van der Waals surface area contributed by atoms with Crippen molar-refractivity contribution in [3.63, 3.8) is 0 Å². The minimum atomic E-state index is 0.586. The Kier molecular flexibility index (Phi) is 2.66. The summed E-state index contributed by atoms with van der Waals surface area (Å²) in [4.78, 5) is 0. The normalized spacial score (nSPS) is 32.2. The predicted molar refractivity (Wildman–Crippen MR) is 49.1 cm³/mol. The monoisotopic (exact) mass is 169 g/mol. The summed E-state index contributed by atoms with van der Waals surface area (Å²) in [5, 5.41) is 3.29. The third-order valence-corrected chi connectivity index (χ3v) is 3.41. The van der Waals surface area contributed by atoms with Gasteiger partial charge < -0.3 is 10.1 Å². The van der Waals surface area contributed by atoms with E-state index in [2.05, 4.69) is 5.32 Å². The fourth-order valence-corrected chi connectivity index (χ4v) is 2.30. The summed E-state index contributed by atoms with van der Waals surface area (Å²) >= 11 is 0. The number of nitrogens with one attached hydrogen (secondary N) is 1. The van der Waals surface area contributed by atoms with Gasteiger partial charge in [-0.05, 0) is 19.4 Å². The van der Waals surface area contributed by atoms with E-state index in [4.69, 9.17) is 4.74 Å². The van der Waals surface area contributed by atoms with E-state index in [9.17, 15) is 0 Å². The molecule has 0 aromatic carbocycles. The van der Waals surface area contributed by atoms with Crippen LogP contribution in [0.3, 0.4) is 0 Å². The first-order chi connectivity index (χ1) is 5.92. The fraction of sp³-hybridized carbons (Fsp3) is 1.00. The molecule has 2 rings (SSSR count). The molecular formula is C10H19NO. The van der Waals surface area contributed by atoms with Gasteiger partial charge in [-0.1, -0.05) is 19.3 Å². The highest BCUT2D eigenvalue weighted by atomic mass is 16.5. The summed E-state index contributed by atoms with van der Waals surface area (Å²) in [6.07, 6.45) is 6.20. The summed E-state index contributed by atoms with van der Waals surface area (Å²) in [7, 11) is 2.05. The first kappa shape index (κ1) is 8.52. The highest BCUT2D eigenvalue weighted by Gasteiger charge is 2.36. The molecule has 0 bridgehead atoms. The average Bonchev–Trinajstić information content (AvgIpc) is 1.79. The first-order valence-electron chi connectivity index (χ1n) is 5.18. The molecule has 1 aliphatic heterocycles. The Morgan fingerprint density at radius 1 is 1.42 bits per heavy atom. The van der Waals surface area contributed by atoms with Gasteiger partial charge in [0.1, 0.15) is 0 Å². The zero-order valence-electron chi connectivity index (χ0n) is 7.88. The molecule has 1 heterocycles. The lowest BCUT2D eigenvalue weighted by atomic mass is 9.72. The second kappa shape index (κ2) is 3.75. The molecule has 0 aromatic heterocycles. The van der Waals surface area contributed by atoms with E-state index in [1.807, 2.05) is 7.05 Å². The largest absolute Gasteiger partial charge is 0.378 e. The fourth-order valence-electron chi connectivity index (χ4n) is 2.30. The van der Waals surface area contributed by atoms with Gasteiger partial charge in [0.15, 0.2) is 0 Å². The maximum atomic E-state index is 5.56. The van der Waals surface area contributed by atoms with Crippen LogP contribution >= 0.6 is 0 Å².